The average Bonchev–Trinajstić information content (AvgIpc) is 3.20. The molecule has 4 rings (SSSR count). The molecule has 5 nitrogen and oxygen atoms in total. The number of hydrogen-bond donors (Lipinski definition) is 1. The number of amides is 1. The summed E-state index contributed by atoms with van der Waals surface area (Å²) in [7, 11) is 0. The van der Waals surface area contributed by atoms with Crippen LogP contribution in [0.5, 0.6) is 5.75 Å². The maximum absolute atomic E-state index is 12.4. The summed E-state index contributed by atoms with van der Waals surface area (Å²) in [5.74, 6) is 2.56. The molecule has 2 aromatic carbocycles. The Labute approximate surface area is 197 Å². The maximum atomic E-state index is 12.4. The number of carbonyl (C=O) groups is 1. The Bertz CT molecular complexity index is 1040. The van der Waals surface area contributed by atoms with Crippen molar-refractivity contribution in [2.24, 2.45) is 5.92 Å². The van der Waals surface area contributed by atoms with Crippen LogP contribution in [0.3, 0.4) is 0 Å². The number of hydrogen-bond acceptors (Lipinski definition) is 3. The van der Waals surface area contributed by atoms with E-state index in [0.717, 1.165) is 75.3 Å². The molecule has 1 aliphatic carbocycles. The number of rotatable bonds is 11. The van der Waals surface area contributed by atoms with E-state index in [1.54, 1.807) is 0 Å². The number of aromatic nitrogens is 2. The molecule has 0 atom stereocenters. The highest BCUT2D eigenvalue weighted by molar-refractivity contribution is 5.78. The lowest BCUT2D eigenvalue weighted by atomic mass is 9.89. The summed E-state index contributed by atoms with van der Waals surface area (Å²) < 4.78 is 8.31. The van der Waals surface area contributed by atoms with Gasteiger partial charge in [0.25, 0.3) is 0 Å². The van der Waals surface area contributed by atoms with Crippen molar-refractivity contribution in [3.05, 3.63) is 59.9 Å². The van der Waals surface area contributed by atoms with E-state index in [-0.39, 0.29) is 11.8 Å². The van der Waals surface area contributed by atoms with E-state index in [4.69, 9.17) is 9.72 Å². The van der Waals surface area contributed by atoms with E-state index < -0.39 is 0 Å². The van der Waals surface area contributed by atoms with Crippen LogP contribution in [-0.4, -0.2) is 28.6 Å². The molecule has 1 N–H and O–H groups in total. The molecule has 33 heavy (non-hydrogen) atoms. The van der Waals surface area contributed by atoms with Crippen molar-refractivity contribution in [1.29, 1.82) is 0 Å². The van der Waals surface area contributed by atoms with Gasteiger partial charge >= 0.3 is 0 Å². The molecule has 0 saturated heterocycles. The first kappa shape index (κ1) is 23.3. The van der Waals surface area contributed by atoms with Crippen molar-refractivity contribution in [3.63, 3.8) is 0 Å². The van der Waals surface area contributed by atoms with Crippen molar-refractivity contribution < 1.29 is 9.53 Å². The summed E-state index contributed by atoms with van der Waals surface area (Å²) in [6.07, 6.45) is 9.59. The summed E-state index contributed by atoms with van der Waals surface area (Å²) in [6, 6.07) is 16.5. The predicted octanol–water partition coefficient (Wildman–Crippen LogP) is 5.83. The molecule has 1 fully saturated rings. The summed E-state index contributed by atoms with van der Waals surface area (Å²) in [5.41, 5.74) is 3.42. The second-order valence-electron chi connectivity index (χ2n) is 9.22. The zero-order valence-corrected chi connectivity index (χ0v) is 19.9. The van der Waals surface area contributed by atoms with E-state index in [0.29, 0.717) is 0 Å². The summed E-state index contributed by atoms with van der Waals surface area (Å²) in [4.78, 5) is 17.3. The first-order valence-electron chi connectivity index (χ1n) is 12.6. The minimum absolute atomic E-state index is 0.227. The molecular weight excluding hydrogens is 410 g/mol. The summed E-state index contributed by atoms with van der Waals surface area (Å²) in [6.45, 7) is 4.46. The quantitative estimate of drug-likeness (QED) is 0.376. The van der Waals surface area contributed by atoms with Gasteiger partial charge in [-0.05, 0) is 62.8 Å². The molecule has 1 aliphatic rings. The monoisotopic (exact) mass is 447 g/mol. The van der Waals surface area contributed by atoms with E-state index in [1.807, 2.05) is 24.3 Å². The molecule has 1 aromatic heterocycles. The molecule has 0 unspecified atom stereocenters. The first-order valence-corrected chi connectivity index (χ1v) is 12.6. The van der Waals surface area contributed by atoms with Crippen LogP contribution in [-0.2, 0) is 17.8 Å². The van der Waals surface area contributed by atoms with Gasteiger partial charge < -0.3 is 14.6 Å². The maximum Gasteiger partial charge on any atom is 0.223 e. The zero-order valence-electron chi connectivity index (χ0n) is 19.9. The molecule has 0 radical (unpaired) electrons. The third-order valence-electron chi connectivity index (χ3n) is 6.71. The molecule has 1 saturated carbocycles. The van der Waals surface area contributed by atoms with Gasteiger partial charge in [-0.2, -0.15) is 0 Å². The minimum atomic E-state index is 0.227. The Kier molecular flexibility index (Phi) is 8.40. The van der Waals surface area contributed by atoms with Gasteiger partial charge in [-0.25, -0.2) is 4.98 Å². The Balaban J connectivity index is 1.27. The molecule has 1 heterocycles. The van der Waals surface area contributed by atoms with Gasteiger partial charge in [-0.15, -0.1) is 0 Å². The summed E-state index contributed by atoms with van der Waals surface area (Å²) >= 11 is 0. The fraction of sp³-hybridized carbons (Fsp3) is 0.500. The van der Waals surface area contributed by atoms with E-state index in [9.17, 15) is 4.79 Å². The first-order chi connectivity index (χ1) is 16.2. The number of benzene rings is 2. The van der Waals surface area contributed by atoms with Crippen LogP contribution in [0.15, 0.2) is 48.5 Å². The second-order valence-corrected chi connectivity index (χ2v) is 9.22. The topological polar surface area (TPSA) is 56.1 Å². The lowest BCUT2D eigenvalue weighted by Crippen LogP contribution is -2.32. The number of imidazole rings is 1. The predicted molar refractivity (Wildman–Crippen MR) is 134 cm³/mol. The van der Waals surface area contributed by atoms with E-state index in [1.165, 1.54) is 30.3 Å². The Morgan fingerprint density at radius 1 is 1.03 bits per heavy atom. The standard InChI is InChI=1S/C28H37N3O2/c1-22-12-5-8-17-26(22)33-21-10-9-20-31-25-16-7-6-15-24(25)30-27(31)18-11-19-29-28(32)23-13-3-2-4-14-23/h5-8,12,15-17,23H,2-4,9-11,13-14,18-21H2,1H3,(H,29,32). The molecule has 0 spiro atoms. The number of nitrogens with zero attached hydrogens (tertiary/aromatic N) is 2. The van der Waals surface area contributed by atoms with Gasteiger partial charge in [0.05, 0.1) is 17.6 Å². The van der Waals surface area contributed by atoms with Crippen LogP contribution in [0, 0.1) is 12.8 Å². The highest BCUT2D eigenvalue weighted by Crippen LogP contribution is 2.24. The van der Waals surface area contributed by atoms with Crippen LogP contribution in [0.25, 0.3) is 11.0 Å². The number of unbranched alkanes of at least 4 members (excludes halogenated alkanes) is 1. The fourth-order valence-electron chi connectivity index (χ4n) is 4.81. The van der Waals surface area contributed by atoms with Gasteiger partial charge in [0.15, 0.2) is 0 Å². The zero-order chi connectivity index (χ0) is 22.9. The van der Waals surface area contributed by atoms with Gasteiger partial charge in [-0.3, -0.25) is 4.79 Å². The van der Waals surface area contributed by atoms with Gasteiger partial charge in [0, 0.05) is 25.4 Å². The fourth-order valence-corrected chi connectivity index (χ4v) is 4.81. The number of fused-ring (bicyclic) bond motifs is 1. The van der Waals surface area contributed by atoms with E-state index in [2.05, 4.69) is 41.1 Å². The van der Waals surface area contributed by atoms with Crippen LogP contribution in [0.2, 0.25) is 0 Å². The Morgan fingerprint density at radius 2 is 1.82 bits per heavy atom. The molecule has 3 aromatic rings. The summed E-state index contributed by atoms with van der Waals surface area (Å²) in [5, 5.41) is 3.16. The molecule has 1 amide bonds. The van der Waals surface area contributed by atoms with Crippen molar-refractivity contribution in [2.45, 2.75) is 71.3 Å². The molecular formula is C28H37N3O2. The average molecular weight is 448 g/mol. The van der Waals surface area contributed by atoms with Gasteiger partial charge in [-0.1, -0.05) is 49.6 Å². The third-order valence-corrected chi connectivity index (χ3v) is 6.71. The number of ether oxygens (including phenoxy) is 1. The van der Waals surface area contributed by atoms with Crippen LogP contribution in [0.1, 0.15) is 62.8 Å². The minimum Gasteiger partial charge on any atom is -0.493 e. The smallest absolute Gasteiger partial charge is 0.223 e. The van der Waals surface area contributed by atoms with Crippen LogP contribution >= 0.6 is 0 Å². The molecule has 176 valence electrons. The van der Waals surface area contributed by atoms with Crippen LogP contribution < -0.4 is 10.1 Å². The Morgan fingerprint density at radius 3 is 2.67 bits per heavy atom. The highest BCUT2D eigenvalue weighted by Gasteiger charge is 2.20. The molecule has 5 heteroatoms. The largest absolute Gasteiger partial charge is 0.493 e. The number of aryl methyl sites for hydroxylation is 3. The lowest BCUT2D eigenvalue weighted by molar-refractivity contribution is -0.125. The van der Waals surface area contributed by atoms with Crippen molar-refractivity contribution in [3.8, 4) is 5.75 Å². The van der Waals surface area contributed by atoms with Crippen molar-refractivity contribution >= 4 is 16.9 Å². The number of para-hydroxylation sites is 3. The van der Waals surface area contributed by atoms with Crippen LogP contribution in [0.4, 0.5) is 0 Å². The molecule has 0 bridgehead atoms. The molecule has 0 aliphatic heterocycles. The van der Waals surface area contributed by atoms with Crippen molar-refractivity contribution in [2.75, 3.05) is 13.2 Å². The normalized spacial score (nSPS) is 14.5. The Hall–Kier alpha value is -2.82. The number of nitrogens with one attached hydrogen (secondary N) is 1. The second kappa shape index (κ2) is 11.9. The lowest BCUT2D eigenvalue weighted by Gasteiger charge is -2.20. The van der Waals surface area contributed by atoms with E-state index >= 15 is 0 Å². The SMILES string of the molecule is Cc1ccccc1OCCCCn1c(CCCNC(=O)C2CCCCC2)nc2ccccc21. The highest BCUT2D eigenvalue weighted by atomic mass is 16.5. The number of carbonyl (C=O) groups excluding carboxylic acids is 1. The van der Waals surface area contributed by atoms with Crippen molar-refractivity contribution in [1.82, 2.24) is 14.9 Å². The third kappa shape index (κ3) is 6.37. The van der Waals surface area contributed by atoms with Gasteiger partial charge in [0.1, 0.15) is 11.6 Å². The van der Waals surface area contributed by atoms with Gasteiger partial charge in [0.2, 0.25) is 5.91 Å².